The summed E-state index contributed by atoms with van der Waals surface area (Å²) < 4.78 is 5.40. The second-order valence-corrected chi connectivity index (χ2v) is 5.93. The van der Waals surface area contributed by atoms with Crippen LogP contribution in [0.2, 0.25) is 0 Å². The molecular weight excluding hydrogens is 290 g/mol. The van der Waals surface area contributed by atoms with Crippen LogP contribution in [-0.2, 0) is 19.4 Å². The van der Waals surface area contributed by atoms with Gasteiger partial charge in [-0.2, -0.15) is 0 Å². The summed E-state index contributed by atoms with van der Waals surface area (Å²) in [5.41, 5.74) is 2.15. The number of hydrogen-bond acceptors (Lipinski definition) is 4. The largest absolute Gasteiger partial charge is 0.361 e. The minimum absolute atomic E-state index is 0.549. The normalized spacial score (nSPS) is 12.3. The van der Waals surface area contributed by atoms with E-state index in [4.69, 9.17) is 9.52 Å². The number of aromatic nitrogens is 1. The van der Waals surface area contributed by atoms with Crippen molar-refractivity contribution in [1.29, 1.82) is 0 Å². The Morgan fingerprint density at radius 1 is 1.22 bits per heavy atom. The zero-order valence-corrected chi connectivity index (χ0v) is 15.6. The van der Waals surface area contributed by atoms with E-state index >= 15 is 0 Å². The summed E-state index contributed by atoms with van der Waals surface area (Å²) in [6.45, 7) is 13.9. The van der Waals surface area contributed by atoms with Gasteiger partial charge in [-0.15, -0.1) is 0 Å². The van der Waals surface area contributed by atoms with Crippen LogP contribution in [0.25, 0.3) is 0 Å². The van der Waals surface area contributed by atoms with Crippen LogP contribution in [0.5, 0.6) is 0 Å². The lowest BCUT2D eigenvalue weighted by atomic mass is 10.1. The number of nitrogens with zero attached hydrogens (tertiary/aromatic N) is 3. The second kappa shape index (κ2) is 10.3. The van der Waals surface area contributed by atoms with Crippen LogP contribution < -0.4 is 10.6 Å². The monoisotopic (exact) mass is 323 g/mol. The molecule has 23 heavy (non-hydrogen) atoms. The molecule has 1 rings (SSSR count). The molecule has 0 atom stereocenters. The highest BCUT2D eigenvalue weighted by Crippen LogP contribution is 2.16. The van der Waals surface area contributed by atoms with Gasteiger partial charge in [0.2, 0.25) is 0 Å². The maximum atomic E-state index is 5.40. The molecule has 0 radical (unpaired) electrons. The second-order valence-electron chi connectivity index (χ2n) is 5.93. The molecule has 0 amide bonds. The minimum atomic E-state index is 0.549. The topological polar surface area (TPSA) is 65.7 Å². The molecule has 0 bridgehead atoms. The Morgan fingerprint density at radius 2 is 1.96 bits per heavy atom. The van der Waals surface area contributed by atoms with Crippen molar-refractivity contribution in [2.75, 3.05) is 26.7 Å². The highest BCUT2D eigenvalue weighted by molar-refractivity contribution is 5.79. The number of nitrogens with one attached hydrogen (secondary N) is 2. The van der Waals surface area contributed by atoms with E-state index in [1.807, 2.05) is 0 Å². The maximum Gasteiger partial charge on any atom is 0.191 e. The lowest BCUT2D eigenvalue weighted by Crippen LogP contribution is -2.42. The molecule has 1 aromatic heterocycles. The quantitative estimate of drug-likeness (QED) is 0.539. The fraction of sp³-hybridized carbons (Fsp3) is 0.765. The molecule has 0 aromatic carbocycles. The van der Waals surface area contributed by atoms with E-state index in [-0.39, 0.29) is 0 Å². The average molecular weight is 323 g/mol. The molecule has 0 saturated heterocycles. The molecule has 132 valence electrons. The molecule has 0 unspecified atom stereocenters. The van der Waals surface area contributed by atoms with Gasteiger partial charge in [0.25, 0.3) is 0 Å². The van der Waals surface area contributed by atoms with Gasteiger partial charge >= 0.3 is 0 Å². The summed E-state index contributed by atoms with van der Waals surface area (Å²) in [6, 6.07) is 0.549. The van der Waals surface area contributed by atoms with Crippen molar-refractivity contribution in [2.24, 2.45) is 4.99 Å². The molecule has 0 aliphatic rings. The number of rotatable bonds is 9. The molecule has 6 nitrogen and oxygen atoms in total. The van der Waals surface area contributed by atoms with Crippen molar-refractivity contribution >= 4 is 5.96 Å². The first-order valence-corrected chi connectivity index (χ1v) is 8.72. The number of aliphatic imine (C=N–C) groups is 1. The minimum Gasteiger partial charge on any atom is -0.361 e. The van der Waals surface area contributed by atoms with E-state index in [1.165, 1.54) is 0 Å². The first-order chi connectivity index (χ1) is 11.0. The first-order valence-electron chi connectivity index (χ1n) is 8.72. The number of likely N-dealkylation sites (N-methyl/N-ethyl adjacent to an activating group) is 1. The smallest absolute Gasteiger partial charge is 0.191 e. The summed E-state index contributed by atoms with van der Waals surface area (Å²) in [6.07, 6.45) is 1.72. The molecule has 0 spiro atoms. The molecule has 2 N–H and O–H groups in total. The van der Waals surface area contributed by atoms with E-state index in [2.05, 4.69) is 62.4 Å². The maximum absolute atomic E-state index is 5.40. The number of guanidine groups is 1. The fourth-order valence-electron chi connectivity index (χ4n) is 2.23. The lowest BCUT2D eigenvalue weighted by molar-refractivity contribution is 0.278. The van der Waals surface area contributed by atoms with Gasteiger partial charge in [0.05, 0.1) is 12.2 Å². The summed E-state index contributed by atoms with van der Waals surface area (Å²) in [4.78, 5) is 7.00. The lowest BCUT2D eigenvalue weighted by Gasteiger charge is -2.21. The Balaban J connectivity index is 2.66. The van der Waals surface area contributed by atoms with Gasteiger partial charge in [-0.05, 0) is 34.2 Å². The highest BCUT2D eigenvalue weighted by Gasteiger charge is 2.13. The van der Waals surface area contributed by atoms with E-state index in [9.17, 15) is 0 Å². The van der Waals surface area contributed by atoms with E-state index in [1.54, 1.807) is 0 Å². The molecule has 0 aliphatic carbocycles. The Bertz CT molecular complexity index is 460. The average Bonchev–Trinajstić information content (AvgIpc) is 2.94. The summed E-state index contributed by atoms with van der Waals surface area (Å²) in [5.74, 6) is 1.79. The van der Waals surface area contributed by atoms with Crippen molar-refractivity contribution in [3.8, 4) is 0 Å². The van der Waals surface area contributed by atoms with E-state index < -0.39 is 0 Å². The zero-order valence-electron chi connectivity index (χ0n) is 15.6. The SMILES string of the molecule is CCNC(=NCc1c(CC)noc1CC)NCCN(C)C(C)C. The van der Waals surface area contributed by atoms with Crippen LogP contribution in [0.4, 0.5) is 0 Å². The van der Waals surface area contributed by atoms with E-state index in [0.717, 1.165) is 55.5 Å². The summed E-state index contributed by atoms with van der Waals surface area (Å²) in [5, 5.41) is 10.8. The van der Waals surface area contributed by atoms with E-state index in [0.29, 0.717) is 12.6 Å². The van der Waals surface area contributed by atoms with Crippen LogP contribution in [0.15, 0.2) is 9.52 Å². The van der Waals surface area contributed by atoms with Crippen molar-refractivity contribution in [3.05, 3.63) is 17.0 Å². The van der Waals surface area contributed by atoms with Crippen LogP contribution in [0.3, 0.4) is 0 Å². The van der Waals surface area contributed by atoms with Crippen molar-refractivity contribution in [1.82, 2.24) is 20.7 Å². The molecule has 0 aliphatic heterocycles. The predicted molar refractivity (Wildman–Crippen MR) is 95.8 cm³/mol. The van der Waals surface area contributed by atoms with Crippen LogP contribution in [0, 0.1) is 0 Å². The Hall–Kier alpha value is -1.56. The fourth-order valence-corrected chi connectivity index (χ4v) is 2.23. The van der Waals surface area contributed by atoms with Gasteiger partial charge in [0.1, 0.15) is 5.76 Å². The molecule has 1 heterocycles. The number of aryl methyl sites for hydroxylation is 2. The van der Waals surface area contributed by atoms with Crippen molar-refractivity contribution in [3.63, 3.8) is 0 Å². The third-order valence-electron chi connectivity index (χ3n) is 3.98. The van der Waals surface area contributed by atoms with Gasteiger partial charge in [-0.3, -0.25) is 0 Å². The van der Waals surface area contributed by atoms with Gasteiger partial charge < -0.3 is 20.1 Å². The standard InChI is InChI=1S/C17H33N5O/c1-7-15-14(16(8-2)23-21-15)12-20-17(18-9-3)19-10-11-22(6)13(4)5/h13H,7-12H2,1-6H3,(H2,18,19,20). The van der Waals surface area contributed by atoms with Crippen LogP contribution in [-0.4, -0.2) is 48.7 Å². The Kier molecular flexibility index (Phi) is 8.69. The van der Waals surface area contributed by atoms with Crippen LogP contribution in [0.1, 0.15) is 51.6 Å². The third-order valence-corrected chi connectivity index (χ3v) is 3.98. The zero-order chi connectivity index (χ0) is 17.2. The predicted octanol–water partition coefficient (Wildman–Crippen LogP) is 2.19. The van der Waals surface area contributed by atoms with Gasteiger partial charge in [-0.1, -0.05) is 19.0 Å². The van der Waals surface area contributed by atoms with Crippen LogP contribution >= 0.6 is 0 Å². The van der Waals surface area contributed by atoms with Crippen molar-refractivity contribution in [2.45, 2.75) is 60.0 Å². The Morgan fingerprint density at radius 3 is 2.52 bits per heavy atom. The van der Waals surface area contributed by atoms with Crippen molar-refractivity contribution < 1.29 is 4.52 Å². The van der Waals surface area contributed by atoms with Gasteiger partial charge in [0, 0.05) is 37.7 Å². The number of hydrogen-bond donors (Lipinski definition) is 2. The Labute approximate surface area is 140 Å². The summed E-state index contributed by atoms with van der Waals surface area (Å²) in [7, 11) is 2.13. The molecule has 0 fully saturated rings. The molecular formula is C17H33N5O. The summed E-state index contributed by atoms with van der Waals surface area (Å²) >= 11 is 0. The molecule has 6 heteroatoms. The third kappa shape index (κ3) is 6.22. The van der Waals surface area contributed by atoms with Gasteiger partial charge in [0.15, 0.2) is 5.96 Å². The molecule has 0 saturated carbocycles. The van der Waals surface area contributed by atoms with Gasteiger partial charge in [-0.25, -0.2) is 4.99 Å². The first kappa shape index (κ1) is 19.5. The molecule has 1 aromatic rings. The highest BCUT2D eigenvalue weighted by atomic mass is 16.5.